The molecule has 9 heteroatoms. The van der Waals surface area contributed by atoms with Crippen LogP contribution in [0.5, 0.6) is 0 Å². The van der Waals surface area contributed by atoms with Crippen molar-refractivity contribution in [1.29, 1.82) is 0 Å². The first-order valence-electron chi connectivity index (χ1n) is 12.1. The molecule has 2 aliphatic rings. The summed E-state index contributed by atoms with van der Waals surface area (Å²) in [7, 11) is 2.12. The van der Waals surface area contributed by atoms with E-state index in [2.05, 4.69) is 74.0 Å². The van der Waals surface area contributed by atoms with Gasteiger partial charge in [0.1, 0.15) is 5.82 Å². The van der Waals surface area contributed by atoms with E-state index in [4.69, 9.17) is 0 Å². The quantitative estimate of drug-likeness (QED) is 0.489. The van der Waals surface area contributed by atoms with Gasteiger partial charge in [-0.05, 0) is 36.9 Å². The highest BCUT2D eigenvalue weighted by Crippen LogP contribution is 2.24. The predicted octanol–water partition coefficient (Wildman–Crippen LogP) is 2.50. The highest BCUT2D eigenvalue weighted by Gasteiger charge is 2.20. The van der Waals surface area contributed by atoms with E-state index in [1.54, 1.807) is 6.20 Å². The number of aromatic nitrogens is 4. The second-order valence-corrected chi connectivity index (χ2v) is 9.30. The third-order valence-electron chi connectivity index (χ3n) is 6.58. The van der Waals surface area contributed by atoms with Crippen LogP contribution < -0.4 is 10.6 Å². The molecule has 182 valence electrons. The van der Waals surface area contributed by atoms with Gasteiger partial charge in [-0.3, -0.25) is 14.8 Å². The number of benzene rings is 1. The first-order chi connectivity index (χ1) is 17.0. The number of piperazine rings is 1. The molecule has 0 saturated carbocycles. The average molecular weight is 473 g/mol. The Hall–Kier alpha value is -3.69. The van der Waals surface area contributed by atoms with Crippen molar-refractivity contribution in [3.63, 3.8) is 0 Å². The Kier molecular flexibility index (Phi) is 6.78. The van der Waals surface area contributed by atoms with Crippen LogP contribution in [-0.2, 0) is 4.79 Å². The second kappa shape index (κ2) is 10.3. The van der Waals surface area contributed by atoms with Crippen molar-refractivity contribution in [2.45, 2.75) is 13.0 Å². The number of H-pyrrole nitrogens is 1. The van der Waals surface area contributed by atoms with Crippen molar-refractivity contribution in [3.8, 4) is 16.9 Å². The van der Waals surface area contributed by atoms with Crippen LogP contribution in [0.4, 0.5) is 5.82 Å². The van der Waals surface area contributed by atoms with Crippen LogP contribution in [0.15, 0.2) is 72.7 Å². The minimum Gasteiger partial charge on any atom is -0.362 e. The molecule has 5 rings (SSSR count). The Bertz CT molecular complexity index is 1190. The normalized spacial score (nSPS) is 21.0. The third-order valence-corrected chi connectivity index (χ3v) is 6.58. The summed E-state index contributed by atoms with van der Waals surface area (Å²) in [4.78, 5) is 17.0. The largest absolute Gasteiger partial charge is 0.362 e. The Morgan fingerprint density at radius 2 is 1.97 bits per heavy atom. The lowest BCUT2D eigenvalue weighted by atomic mass is 9.95. The molecule has 1 fully saturated rings. The first-order valence-corrected chi connectivity index (χ1v) is 12.1. The number of carbonyl (C=O) groups is 1. The van der Waals surface area contributed by atoms with E-state index >= 15 is 0 Å². The molecule has 2 unspecified atom stereocenters. The van der Waals surface area contributed by atoms with E-state index in [9.17, 15) is 4.79 Å². The van der Waals surface area contributed by atoms with Gasteiger partial charge in [0.15, 0.2) is 0 Å². The molecule has 1 aliphatic heterocycles. The maximum absolute atomic E-state index is 12.5. The van der Waals surface area contributed by atoms with Gasteiger partial charge in [-0.1, -0.05) is 31.2 Å². The number of hydrogen-bond acceptors (Lipinski definition) is 6. The van der Waals surface area contributed by atoms with Crippen molar-refractivity contribution >= 4 is 11.7 Å². The summed E-state index contributed by atoms with van der Waals surface area (Å²) >= 11 is 0. The van der Waals surface area contributed by atoms with Gasteiger partial charge < -0.3 is 15.5 Å². The molecule has 0 radical (unpaired) electrons. The highest BCUT2D eigenvalue weighted by atomic mass is 16.2. The van der Waals surface area contributed by atoms with Gasteiger partial charge in [0.25, 0.3) is 0 Å². The molecule has 3 N–H and O–H groups in total. The van der Waals surface area contributed by atoms with Crippen LogP contribution in [0.3, 0.4) is 0 Å². The van der Waals surface area contributed by atoms with Gasteiger partial charge in [-0.15, -0.1) is 0 Å². The smallest absolute Gasteiger partial charge is 0.238 e. The Labute approximate surface area is 205 Å². The summed E-state index contributed by atoms with van der Waals surface area (Å²) in [6.45, 7) is 6.45. The van der Waals surface area contributed by atoms with E-state index in [-0.39, 0.29) is 17.9 Å². The number of rotatable bonds is 7. The predicted molar refractivity (Wildman–Crippen MR) is 137 cm³/mol. The third kappa shape index (κ3) is 5.70. The van der Waals surface area contributed by atoms with Crippen molar-refractivity contribution in [2.24, 2.45) is 5.92 Å². The fraction of sp³-hybridized carbons (Fsp3) is 0.346. The molecule has 35 heavy (non-hydrogen) atoms. The van der Waals surface area contributed by atoms with Crippen LogP contribution in [-0.4, -0.2) is 81.5 Å². The second-order valence-electron chi connectivity index (χ2n) is 9.30. The molecule has 1 saturated heterocycles. The van der Waals surface area contributed by atoms with E-state index in [1.165, 1.54) is 0 Å². The molecule has 2 aromatic heterocycles. The minimum absolute atomic E-state index is 0.0413. The lowest BCUT2D eigenvalue weighted by Crippen LogP contribution is -2.48. The van der Waals surface area contributed by atoms with Gasteiger partial charge in [0.2, 0.25) is 5.91 Å². The molecule has 3 heterocycles. The van der Waals surface area contributed by atoms with Gasteiger partial charge >= 0.3 is 0 Å². The van der Waals surface area contributed by atoms with Crippen molar-refractivity contribution in [1.82, 2.24) is 35.1 Å². The fourth-order valence-corrected chi connectivity index (χ4v) is 4.43. The number of nitrogens with zero attached hydrogens (tertiary/aromatic N) is 5. The lowest BCUT2D eigenvalue weighted by Gasteiger charge is -2.32. The zero-order chi connectivity index (χ0) is 24.2. The number of carbonyl (C=O) groups excluding carboxylic acids is 1. The van der Waals surface area contributed by atoms with Crippen LogP contribution in [0, 0.1) is 5.92 Å². The van der Waals surface area contributed by atoms with Crippen LogP contribution in [0.25, 0.3) is 16.9 Å². The van der Waals surface area contributed by atoms with E-state index in [0.29, 0.717) is 6.54 Å². The fourth-order valence-electron chi connectivity index (χ4n) is 4.43. The zero-order valence-corrected chi connectivity index (χ0v) is 20.2. The zero-order valence-electron chi connectivity index (χ0n) is 20.2. The van der Waals surface area contributed by atoms with E-state index in [1.807, 2.05) is 41.2 Å². The van der Waals surface area contributed by atoms with Crippen LogP contribution in [0.1, 0.15) is 6.92 Å². The summed E-state index contributed by atoms with van der Waals surface area (Å²) in [5.74, 6) is 1.03. The molecule has 2 atom stereocenters. The molecular weight excluding hydrogens is 440 g/mol. The number of aromatic amines is 1. The standard InChI is InChI=1S/C26H32N8O/c1-19-16-21(28-26(35)18-33-14-12-32(2)13-15-33)6-9-23(19)29-25-17-24(30-31-25)20-4-7-22(8-5-20)34-11-3-10-27-34/h3-11,16-17,19,23H,12-15,18H2,1-2H3,(H,28,35)(H2,29,30,31). The maximum atomic E-state index is 12.5. The summed E-state index contributed by atoms with van der Waals surface area (Å²) in [5, 5.41) is 18.4. The topological polar surface area (TPSA) is 94.1 Å². The number of allylic oxidation sites excluding steroid dienone is 1. The molecule has 1 aliphatic carbocycles. The average Bonchev–Trinajstić information content (AvgIpc) is 3.55. The number of nitrogens with one attached hydrogen (secondary N) is 3. The molecule has 0 spiro atoms. The number of likely N-dealkylation sites (N-methyl/N-ethyl adjacent to an activating group) is 1. The summed E-state index contributed by atoms with van der Waals surface area (Å²) in [6.07, 6.45) is 9.85. The Morgan fingerprint density at radius 1 is 1.17 bits per heavy atom. The highest BCUT2D eigenvalue weighted by molar-refractivity contribution is 5.80. The van der Waals surface area contributed by atoms with Crippen molar-refractivity contribution < 1.29 is 4.79 Å². The Morgan fingerprint density at radius 3 is 2.69 bits per heavy atom. The van der Waals surface area contributed by atoms with Gasteiger partial charge in [0, 0.05) is 56.3 Å². The van der Waals surface area contributed by atoms with Crippen molar-refractivity contribution in [2.75, 3.05) is 45.1 Å². The van der Waals surface area contributed by atoms with Gasteiger partial charge in [-0.2, -0.15) is 10.2 Å². The van der Waals surface area contributed by atoms with E-state index in [0.717, 1.165) is 54.6 Å². The van der Waals surface area contributed by atoms with Crippen LogP contribution >= 0.6 is 0 Å². The Balaban J connectivity index is 1.14. The van der Waals surface area contributed by atoms with Crippen molar-refractivity contribution in [3.05, 3.63) is 72.7 Å². The number of hydrogen-bond donors (Lipinski definition) is 3. The number of anilines is 1. The molecule has 3 aromatic rings. The summed E-state index contributed by atoms with van der Waals surface area (Å²) in [5.41, 5.74) is 3.86. The molecule has 0 bridgehead atoms. The SMILES string of the molecule is CC1C=C(NC(=O)CN2CCN(C)CC2)C=CC1Nc1cc(-c2ccc(-n3cccn3)cc2)[nH]n1. The summed E-state index contributed by atoms with van der Waals surface area (Å²) in [6, 6.07) is 12.2. The van der Waals surface area contributed by atoms with Gasteiger partial charge in [0.05, 0.1) is 24.0 Å². The summed E-state index contributed by atoms with van der Waals surface area (Å²) < 4.78 is 1.83. The molecular formula is C26H32N8O. The molecule has 9 nitrogen and oxygen atoms in total. The minimum atomic E-state index is 0.0413. The number of amides is 1. The first kappa shape index (κ1) is 23.1. The molecule has 1 aromatic carbocycles. The van der Waals surface area contributed by atoms with Crippen LogP contribution in [0.2, 0.25) is 0 Å². The van der Waals surface area contributed by atoms with E-state index < -0.39 is 0 Å². The maximum Gasteiger partial charge on any atom is 0.238 e. The lowest BCUT2D eigenvalue weighted by molar-refractivity contribution is -0.121. The monoisotopic (exact) mass is 472 g/mol. The molecule has 1 amide bonds. The van der Waals surface area contributed by atoms with Gasteiger partial charge in [-0.25, -0.2) is 4.68 Å².